The van der Waals surface area contributed by atoms with Crippen molar-refractivity contribution >= 4 is 21.7 Å². The van der Waals surface area contributed by atoms with Crippen LogP contribution < -0.4 is 10.0 Å². The predicted octanol–water partition coefficient (Wildman–Crippen LogP) is 0.857. The number of hydrogen-bond acceptors (Lipinski definition) is 4. The number of aromatic amines is 1. The van der Waals surface area contributed by atoms with E-state index in [1.54, 1.807) is 18.2 Å². The van der Waals surface area contributed by atoms with E-state index in [9.17, 15) is 17.6 Å². The average Bonchev–Trinajstić information content (AvgIpc) is 3.03. The first-order chi connectivity index (χ1) is 10.8. The quantitative estimate of drug-likeness (QED) is 0.861. The van der Waals surface area contributed by atoms with Crippen LogP contribution in [0, 0.1) is 11.7 Å². The molecule has 1 aromatic carbocycles. The fraction of sp³-hybridized carbons (Fsp3) is 0.286. The maximum atomic E-state index is 13.3. The summed E-state index contributed by atoms with van der Waals surface area (Å²) in [5, 5.41) is 11.8. The van der Waals surface area contributed by atoms with Gasteiger partial charge in [-0.25, -0.2) is 17.9 Å². The zero-order chi connectivity index (χ0) is 16.6. The molecular formula is C14H15FN4O3S. The molecule has 7 nitrogen and oxygen atoms in total. The van der Waals surface area contributed by atoms with Crippen molar-refractivity contribution in [3.8, 4) is 11.3 Å². The maximum absolute atomic E-state index is 13.3. The zero-order valence-electron chi connectivity index (χ0n) is 12.1. The van der Waals surface area contributed by atoms with Gasteiger partial charge in [0.1, 0.15) is 5.82 Å². The Bertz CT molecular complexity index is 849. The van der Waals surface area contributed by atoms with Gasteiger partial charge in [-0.3, -0.25) is 14.8 Å². The lowest BCUT2D eigenvalue weighted by Crippen LogP contribution is -2.27. The average molecular weight is 338 g/mol. The van der Waals surface area contributed by atoms with E-state index in [-0.39, 0.29) is 36.4 Å². The number of carbonyl (C=O) groups excluding carboxylic acids is 1. The molecular weight excluding hydrogens is 323 g/mol. The summed E-state index contributed by atoms with van der Waals surface area (Å²) in [7, 11) is -3.63. The van der Waals surface area contributed by atoms with E-state index in [1.807, 2.05) is 0 Å². The first kappa shape index (κ1) is 15.6. The van der Waals surface area contributed by atoms with E-state index in [0.717, 1.165) is 0 Å². The van der Waals surface area contributed by atoms with Crippen molar-refractivity contribution in [3.63, 3.8) is 0 Å². The summed E-state index contributed by atoms with van der Waals surface area (Å²) in [5.74, 6) is -0.797. The second-order valence-corrected chi connectivity index (χ2v) is 7.21. The van der Waals surface area contributed by atoms with Gasteiger partial charge in [0.05, 0.1) is 11.4 Å². The molecule has 1 aliphatic rings. The van der Waals surface area contributed by atoms with Crippen LogP contribution in [0.2, 0.25) is 0 Å². The van der Waals surface area contributed by atoms with Crippen LogP contribution in [-0.4, -0.2) is 36.8 Å². The molecule has 2 aromatic rings. The third kappa shape index (κ3) is 3.57. The molecule has 3 rings (SSSR count). The highest BCUT2D eigenvalue weighted by molar-refractivity contribution is 7.89. The normalized spacial score (nSPS) is 18.6. The van der Waals surface area contributed by atoms with Crippen molar-refractivity contribution in [1.29, 1.82) is 0 Å². The number of amides is 1. The minimum absolute atomic E-state index is 0.110. The van der Waals surface area contributed by atoms with Crippen molar-refractivity contribution in [1.82, 2.24) is 10.2 Å². The molecule has 0 saturated carbocycles. The number of halogens is 1. The minimum Gasteiger partial charge on any atom is -0.295 e. The lowest BCUT2D eigenvalue weighted by molar-refractivity contribution is -0.117. The number of aromatic nitrogens is 2. The fourth-order valence-corrected chi connectivity index (χ4v) is 3.58. The zero-order valence-corrected chi connectivity index (χ0v) is 12.9. The Morgan fingerprint density at radius 3 is 2.87 bits per heavy atom. The number of H-pyrrole nitrogens is 1. The van der Waals surface area contributed by atoms with Crippen molar-refractivity contribution in [2.75, 3.05) is 17.2 Å². The molecule has 122 valence electrons. The number of hydrogen-bond donors (Lipinski definition) is 2. The summed E-state index contributed by atoms with van der Waals surface area (Å²) in [4.78, 5) is 13.5. The summed E-state index contributed by atoms with van der Waals surface area (Å²) in [6, 6.07) is 7.62. The van der Waals surface area contributed by atoms with Gasteiger partial charge in [-0.15, -0.1) is 0 Å². The Morgan fingerprint density at radius 2 is 2.17 bits per heavy atom. The van der Waals surface area contributed by atoms with Crippen LogP contribution in [0.1, 0.15) is 6.42 Å². The Morgan fingerprint density at radius 1 is 1.39 bits per heavy atom. The molecule has 1 aromatic heterocycles. The van der Waals surface area contributed by atoms with Crippen LogP contribution in [0.25, 0.3) is 11.3 Å². The molecule has 0 bridgehead atoms. The van der Waals surface area contributed by atoms with Gasteiger partial charge in [0.25, 0.3) is 0 Å². The van der Waals surface area contributed by atoms with Gasteiger partial charge in [-0.05, 0) is 12.1 Å². The van der Waals surface area contributed by atoms with Gasteiger partial charge in [0.15, 0.2) is 5.82 Å². The Balaban J connectivity index is 1.79. The van der Waals surface area contributed by atoms with Crippen LogP contribution >= 0.6 is 0 Å². The summed E-state index contributed by atoms with van der Waals surface area (Å²) in [6.45, 7) is 0.239. The summed E-state index contributed by atoms with van der Waals surface area (Å²) in [6.07, 6.45) is 0.110. The summed E-state index contributed by atoms with van der Waals surface area (Å²) < 4.78 is 35.6. The number of carbonyl (C=O) groups is 1. The largest absolute Gasteiger partial charge is 0.295 e. The molecule has 0 aliphatic carbocycles. The molecule has 1 aliphatic heterocycles. The maximum Gasteiger partial charge on any atom is 0.228 e. The highest BCUT2D eigenvalue weighted by Crippen LogP contribution is 2.27. The SMILES string of the molecule is NS(=O)(=O)CC1CC(=O)N(c2cc(-c3cccc(F)c3)[nH]n2)C1. The van der Waals surface area contributed by atoms with Crippen LogP contribution in [0.5, 0.6) is 0 Å². The van der Waals surface area contributed by atoms with Crippen molar-refractivity contribution in [2.24, 2.45) is 11.1 Å². The molecule has 1 amide bonds. The number of anilines is 1. The molecule has 1 unspecified atom stereocenters. The van der Waals surface area contributed by atoms with Crippen molar-refractivity contribution in [3.05, 3.63) is 36.1 Å². The standard InChI is InChI=1S/C14H15FN4O3S/c15-11-3-1-2-10(5-11)12-6-13(18-17-12)19-7-9(4-14(19)20)8-23(16,21)22/h1-3,5-6,9H,4,7-8H2,(H,17,18)(H2,16,21,22). The second kappa shape index (κ2) is 5.74. The molecule has 3 N–H and O–H groups in total. The molecule has 0 spiro atoms. The van der Waals surface area contributed by atoms with E-state index in [2.05, 4.69) is 10.2 Å². The number of nitrogens with two attached hydrogens (primary N) is 1. The Labute approximate surface area is 132 Å². The number of nitrogens with zero attached hydrogens (tertiary/aromatic N) is 2. The smallest absolute Gasteiger partial charge is 0.228 e. The van der Waals surface area contributed by atoms with Crippen LogP contribution in [-0.2, 0) is 14.8 Å². The fourth-order valence-electron chi connectivity index (χ4n) is 2.70. The first-order valence-electron chi connectivity index (χ1n) is 6.94. The topological polar surface area (TPSA) is 109 Å². The third-order valence-corrected chi connectivity index (χ3v) is 4.59. The second-order valence-electron chi connectivity index (χ2n) is 5.55. The Kier molecular flexibility index (Phi) is 3.90. The Hall–Kier alpha value is -2.26. The van der Waals surface area contributed by atoms with Crippen LogP contribution in [0.15, 0.2) is 30.3 Å². The summed E-state index contributed by atoms with van der Waals surface area (Å²) in [5.41, 5.74) is 1.18. The minimum atomic E-state index is -3.63. The van der Waals surface area contributed by atoms with Gasteiger partial charge in [0.2, 0.25) is 15.9 Å². The van der Waals surface area contributed by atoms with E-state index >= 15 is 0 Å². The van der Waals surface area contributed by atoms with E-state index < -0.39 is 10.0 Å². The molecule has 1 fully saturated rings. The highest BCUT2D eigenvalue weighted by Gasteiger charge is 2.34. The monoisotopic (exact) mass is 338 g/mol. The van der Waals surface area contributed by atoms with Gasteiger partial charge >= 0.3 is 0 Å². The first-order valence-corrected chi connectivity index (χ1v) is 8.65. The van der Waals surface area contributed by atoms with Gasteiger partial charge in [-0.1, -0.05) is 12.1 Å². The third-order valence-electron chi connectivity index (χ3n) is 3.65. The number of sulfonamides is 1. The molecule has 23 heavy (non-hydrogen) atoms. The molecule has 0 radical (unpaired) electrons. The predicted molar refractivity (Wildman–Crippen MR) is 82.4 cm³/mol. The van der Waals surface area contributed by atoms with Crippen LogP contribution in [0.3, 0.4) is 0 Å². The number of benzene rings is 1. The summed E-state index contributed by atoms with van der Waals surface area (Å²) >= 11 is 0. The number of primary sulfonamides is 1. The van der Waals surface area contributed by atoms with Crippen molar-refractivity contribution in [2.45, 2.75) is 6.42 Å². The molecule has 2 heterocycles. The van der Waals surface area contributed by atoms with E-state index in [1.165, 1.54) is 17.0 Å². The number of rotatable bonds is 4. The molecule has 1 saturated heterocycles. The lowest BCUT2D eigenvalue weighted by atomic mass is 10.1. The van der Waals surface area contributed by atoms with Crippen LogP contribution in [0.4, 0.5) is 10.2 Å². The molecule has 9 heteroatoms. The molecule has 1 atom stereocenters. The van der Waals surface area contributed by atoms with Gasteiger partial charge in [0, 0.05) is 30.5 Å². The highest BCUT2D eigenvalue weighted by atomic mass is 32.2. The lowest BCUT2D eigenvalue weighted by Gasteiger charge is -2.12. The van der Waals surface area contributed by atoms with Crippen molar-refractivity contribution < 1.29 is 17.6 Å². The van der Waals surface area contributed by atoms with Gasteiger partial charge in [-0.2, -0.15) is 5.10 Å². The van der Waals surface area contributed by atoms with E-state index in [4.69, 9.17) is 5.14 Å². The number of nitrogens with one attached hydrogen (secondary N) is 1. The van der Waals surface area contributed by atoms with E-state index in [0.29, 0.717) is 17.1 Å². The van der Waals surface area contributed by atoms with Gasteiger partial charge < -0.3 is 0 Å².